The highest BCUT2D eigenvalue weighted by Crippen LogP contribution is 2.36. The normalized spacial score (nSPS) is 21.3. The van der Waals surface area contributed by atoms with Crippen molar-refractivity contribution in [2.45, 2.75) is 43.1 Å². The van der Waals surface area contributed by atoms with E-state index < -0.39 is 11.6 Å². The third kappa shape index (κ3) is 4.34. The monoisotopic (exact) mass is 486 g/mol. The minimum absolute atomic E-state index is 0.0150. The molecule has 2 atom stereocenters. The summed E-state index contributed by atoms with van der Waals surface area (Å²) in [4.78, 5) is 35.9. The smallest absolute Gasteiger partial charge is 0.411 e. The van der Waals surface area contributed by atoms with Gasteiger partial charge < -0.3 is 14.6 Å². The number of likely N-dealkylation sites (tertiary alicyclic amines) is 1. The van der Waals surface area contributed by atoms with Gasteiger partial charge in [-0.3, -0.25) is 9.69 Å². The lowest BCUT2D eigenvalue weighted by Crippen LogP contribution is -2.49. The Morgan fingerprint density at radius 3 is 2.68 bits per heavy atom. The summed E-state index contributed by atoms with van der Waals surface area (Å²) in [6.45, 7) is 3.08. The number of carbonyl (C=O) groups is 2. The maximum Gasteiger partial charge on any atom is 0.411 e. The number of rotatable bonds is 5. The maximum atomic E-state index is 13.8. The van der Waals surface area contributed by atoms with Gasteiger partial charge in [0.05, 0.1) is 17.3 Å². The number of piperidine rings is 1. The lowest BCUT2D eigenvalue weighted by atomic mass is 9.98. The van der Waals surface area contributed by atoms with Crippen LogP contribution in [0.4, 0.5) is 13.6 Å². The van der Waals surface area contributed by atoms with E-state index in [1.807, 2.05) is 42.2 Å². The number of fused-ring (bicyclic) bond motifs is 1. The zero-order chi connectivity index (χ0) is 23.8. The molecule has 3 aromatic rings. The molecule has 0 aliphatic carbocycles. The van der Waals surface area contributed by atoms with Gasteiger partial charge in [-0.15, -0.1) is 0 Å². The van der Waals surface area contributed by atoms with E-state index in [1.54, 1.807) is 4.90 Å². The Kier molecular flexibility index (Phi) is 6.16. The number of hydrogen-bond acceptors (Lipinski definition) is 5. The first-order valence-electron chi connectivity index (χ1n) is 11.2. The maximum absolute atomic E-state index is 13.8. The zero-order valence-corrected chi connectivity index (χ0v) is 19.4. The van der Waals surface area contributed by atoms with Crippen LogP contribution in [0.1, 0.15) is 31.4 Å². The van der Waals surface area contributed by atoms with Gasteiger partial charge in [-0.05, 0) is 31.4 Å². The van der Waals surface area contributed by atoms with Crippen LogP contribution in [0.15, 0.2) is 47.6 Å². The van der Waals surface area contributed by atoms with Crippen molar-refractivity contribution >= 4 is 34.8 Å². The average Bonchev–Trinajstić information content (AvgIpc) is 3.38. The largest absolute Gasteiger partial charge is 0.439 e. The van der Waals surface area contributed by atoms with Crippen LogP contribution < -0.4 is 0 Å². The Labute approximate surface area is 199 Å². The van der Waals surface area contributed by atoms with Crippen LogP contribution in [0.25, 0.3) is 11.0 Å². The van der Waals surface area contributed by atoms with Crippen LogP contribution in [0.5, 0.6) is 0 Å². The summed E-state index contributed by atoms with van der Waals surface area (Å²) >= 11 is 1.16. The molecular formula is C24H24F2N4O3S. The predicted molar refractivity (Wildman–Crippen MR) is 123 cm³/mol. The number of cyclic esters (lactones) is 1. The number of imidazole rings is 1. The number of H-pyrrole nitrogens is 1. The number of amides is 2. The Morgan fingerprint density at radius 2 is 1.94 bits per heavy atom. The molecule has 0 spiro atoms. The molecule has 2 aliphatic heterocycles. The third-order valence-electron chi connectivity index (χ3n) is 6.47. The highest BCUT2D eigenvalue weighted by molar-refractivity contribution is 7.99. The predicted octanol–water partition coefficient (Wildman–Crippen LogP) is 4.51. The van der Waals surface area contributed by atoms with Gasteiger partial charge in [-0.25, -0.2) is 18.6 Å². The number of thioether (sulfide) groups is 1. The molecule has 2 aliphatic rings. The van der Waals surface area contributed by atoms with Crippen molar-refractivity contribution in [2.24, 2.45) is 0 Å². The standard InChI is InChI=1S/C24H24F2N4O3S/c1-14-22(15-5-3-2-4-6-15)33-24(32)30(14)17-7-9-29(10-8-17)20(31)13-34-23-27-19-12-16(25)11-18(26)21(19)28-23/h2-6,11-12,14,17,22H,7-10,13H2,1H3,(H,27,28)/t14-,22-/m1/s1. The second-order valence-electron chi connectivity index (χ2n) is 8.59. The topological polar surface area (TPSA) is 78.5 Å². The van der Waals surface area contributed by atoms with Gasteiger partial charge in [0.1, 0.15) is 17.4 Å². The minimum Gasteiger partial charge on any atom is -0.439 e. The highest BCUT2D eigenvalue weighted by atomic mass is 32.2. The van der Waals surface area contributed by atoms with Crippen molar-refractivity contribution in [1.29, 1.82) is 0 Å². The summed E-state index contributed by atoms with van der Waals surface area (Å²) in [6.07, 6.45) is 0.737. The van der Waals surface area contributed by atoms with Crippen LogP contribution in [0, 0.1) is 11.6 Å². The van der Waals surface area contributed by atoms with E-state index in [9.17, 15) is 18.4 Å². The molecule has 2 saturated heterocycles. The average molecular weight is 487 g/mol. The number of nitrogens with zero attached hydrogens (tertiary/aromatic N) is 3. The fourth-order valence-electron chi connectivity index (χ4n) is 4.75. The second-order valence-corrected chi connectivity index (χ2v) is 9.55. The molecule has 5 rings (SSSR count). The van der Waals surface area contributed by atoms with E-state index in [2.05, 4.69) is 9.97 Å². The molecule has 0 radical (unpaired) electrons. The van der Waals surface area contributed by atoms with E-state index in [0.29, 0.717) is 31.1 Å². The SMILES string of the molecule is C[C@@H]1[C@H](c2ccccc2)OC(=O)N1C1CCN(C(=O)CSc2nc3c(F)cc(F)cc3[nH]2)CC1. The Balaban J connectivity index is 1.16. The Hall–Kier alpha value is -3.14. The van der Waals surface area contributed by atoms with Crippen molar-refractivity contribution in [2.75, 3.05) is 18.8 Å². The summed E-state index contributed by atoms with van der Waals surface area (Å²) in [5.74, 6) is -1.35. The van der Waals surface area contributed by atoms with Gasteiger partial charge in [0.15, 0.2) is 11.0 Å². The molecule has 10 heteroatoms. The summed E-state index contributed by atoms with van der Waals surface area (Å²) < 4.78 is 32.9. The molecule has 0 saturated carbocycles. The van der Waals surface area contributed by atoms with Crippen LogP contribution in [-0.2, 0) is 9.53 Å². The van der Waals surface area contributed by atoms with Crippen molar-refractivity contribution in [3.05, 3.63) is 59.7 Å². The van der Waals surface area contributed by atoms with Crippen molar-refractivity contribution in [1.82, 2.24) is 19.8 Å². The molecule has 1 N–H and O–H groups in total. The van der Waals surface area contributed by atoms with E-state index in [0.717, 1.165) is 23.4 Å². The molecule has 7 nitrogen and oxygen atoms in total. The summed E-state index contributed by atoms with van der Waals surface area (Å²) in [6, 6.07) is 11.6. The number of carbonyl (C=O) groups excluding carboxylic acids is 2. The van der Waals surface area contributed by atoms with E-state index in [4.69, 9.17) is 4.74 Å². The quantitative estimate of drug-likeness (QED) is 0.537. The number of aromatic nitrogens is 2. The lowest BCUT2D eigenvalue weighted by Gasteiger charge is -2.37. The number of hydrogen-bond donors (Lipinski definition) is 1. The first kappa shape index (κ1) is 22.6. The van der Waals surface area contributed by atoms with Crippen LogP contribution >= 0.6 is 11.8 Å². The summed E-state index contributed by atoms with van der Waals surface area (Å²) in [7, 11) is 0. The van der Waals surface area contributed by atoms with Crippen LogP contribution in [-0.4, -0.2) is 62.7 Å². The molecule has 1 aromatic heterocycles. The van der Waals surface area contributed by atoms with Gasteiger partial charge in [0, 0.05) is 25.2 Å². The Bertz CT molecular complexity index is 1210. The third-order valence-corrected chi connectivity index (χ3v) is 7.33. The zero-order valence-electron chi connectivity index (χ0n) is 18.5. The van der Waals surface area contributed by atoms with E-state index in [-0.39, 0.29) is 47.0 Å². The number of halogens is 2. The van der Waals surface area contributed by atoms with Crippen LogP contribution in [0.2, 0.25) is 0 Å². The Morgan fingerprint density at radius 1 is 1.21 bits per heavy atom. The molecule has 0 unspecified atom stereocenters. The first-order valence-corrected chi connectivity index (χ1v) is 12.2. The molecule has 34 heavy (non-hydrogen) atoms. The van der Waals surface area contributed by atoms with Gasteiger partial charge in [-0.1, -0.05) is 42.1 Å². The van der Waals surface area contributed by atoms with Gasteiger partial charge in [-0.2, -0.15) is 0 Å². The molecule has 0 bridgehead atoms. The molecule has 178 valence electrons. The van der Waals surface area contributed by atoms with Gasteiger partial charge >= 0.3 is 6.09 Å². The summed E-state index contributed by atoms with van der Waals surface area (Å²) in [5.41, 5.74) is 1.29. The molecule has 3 heterocycles. The molecule has 2 aromatic carbocycles. The second kappa shape index (κ2) is 9.25. The van der Waals surface area contributed by atoms with E-state index in [1.165, 1.54) is 6.07 Å². The molecule has 2 amide bonds. The number of aromatic amines is 1. The number of ether oxygens (including phenoxy) is 1. The number of benzene rings is 2. The van der Waals surface area contributed by atoms with E-state index >= 15 is 0 Å². The molecule has 2 fully saturated rings. The van der Waals surface area contributed by atoms with Gasteiger partial charge in [0.25, 0.3) is 0 Å². The van der Waals surface area contributed by atoms with Crippen LogP contribution in [0.3, 0.4) is 0 Å². The fraction of sp³-hybridized carbons (Fsp3) is 0.375. The first-order chi connectivity index (χ1) is 16.4. The van der Waals surface area contributed by atoms with Crippen molar-refractivity contribution in [3.63, 3.8) is 0 Å². The van der Waals surface area contributed by atoms with Crippen molar-refractivity contribution in [3.8, 4) is 0 Å². The summed E-state index contributed by atoms with van der Waals surface area (Å²) in [5, 5.41) is 0.364. The van der Waals surface area contributed by atoms with Crippen molar-refractivity contribution < 1.29 is 23.1 Å². The highest BCUT2D eigenvalue weighted by Gasteiger charge is 2.44. The number of nitrogens with one attached hydrogen (secondary N) is 1. The molecular weight excluding hydrogens is 462 g/mol. The van der Waals surface area contributed by atoms with Gasteiger partial charge in [0.2, 0.25) is 5.91 Å². The minimum atomic E-state index is -0.740. The lowest BCUT2D eigenvalue weighted by molar-refractivity contribution is -0.129. The fourth-order valence-corrected chi connectivity index (χ4v) is 5.53.